The summed E-state index contributed by atoms with van der Waals surface area (Å²) < 4.78 is 4.67. The maximum absolute atomic E-state index is 12.8. The minimum absolute atomic E-state index is 0.0124. The number of aromatic hydroxyl groups is 1. The van der Waals surface area contributed by atoms with Crippen LogP contribution in [-0.2, 0) is 4.74 Å². The number of esters is 1. The first-order valence-corrected chi connectivity index (χ1v) is 7.88. The maximum atomic E-state index is 12.8. The first-order valence-electron chi connectivity index (χ1n) is 7.88. The Morgan fingerprint density at radius 3 is 2.29 bits per heavy atom. The van der Waals surface area contributed by atoms with E-state index in [9.17, 15) is 14.7 Å². The number of benzene rings is 2. The molecule has 1 heterocycles. The molecule has 1 unspecified atom stereocenters. The predicted molar refractivity (Wildman–Crippen MR) is 88.9 cm³/mol. The molecule has 1 aliphatic heterocycles. The molecule has 124 valence electrons. The summed E-state index contributed by atoms with van der Waals surface area (Å²) in [7, 11) is 1.33. The minimum atomic E-state index is -0.419. The molecule has 0 radical (unpaired) electrons. The zero-order chi connectivity index (χ0) is 17.1. The van der Waals surface area contributed by atoms with Crippen LogP contribution < -0.4 is 0 Å². The number of phenols is 1. The van der Waals surface area contributed by atoms with Crippen LogP contribution in [0.25, 0.3) is 0 Å². The Balaban J connectivity index is 1.80. The minimum Gasteiger partial charge on any atom is -0.508 e. The van der Waals surface area contributed by atoms with Crippen LogP contribution in [0.5, 0.6) is 5.75 Å². The van der Waals surface area contributed by atoms with E-state index >= 15 is 0 Å². The summed E-state index contributed by atoms with van der Waals surface area (Å²) in [6.45, 7) is 0.698. The monoisotopic (exact) mass is 325 g/mol. The molecular formula is C19H19NO4. The standard InChI is InChI=1S/C19H19NO4/c1-24-19(23)15-6-4-14(5-7-15)18(22)20-12-2-3-17(20)13-8-10-16(21)11-9-13/h4-11,17,21H,2-3,12H2,1H3. The molecule has 1 atom stereocenters. The lowest BCUT2D eigenvalue weighted by Crippen LogP contribution is -2.30. The van der Waals surface area contributed by atoms with Gasteiger partial charge in [-0.05, 0) is 54.8 Å². The molecule has 24 heavy (non-hydrogen) atoms. The fourth-order valence-electron chi connectivity index (χ4n) is 3.09. The fraction of sp³-hybridized carbons (Fsp3) is 0.263. The summed E-state index contributed by atoms with van der Waals surface area (Å²) in [5.74, 6) is -0.257. The number of nitrogens with zero attached hydrogens (tertiary/aromatic N) is 1. The van der Waals surface area contributed by atoms with Gasteiger partial charge in [-0.25, -0.2) is 4.79 Å². The number of carbonyl (C=O) groups is 2. The quantitative estimate of drug-likeness (QED) is 0.880. The van der Waals surface area contributed by atoms with Gasteiger partial charge in [0.15, 0.2) is 0 Å². The SMILES string of the molecule is COC(=O)c1ccc(C(=O)N2CCCC2c2ccc(O)cc2)cc1. The third kappa shape index (κ3) is 3.11. The summed E-state index contributed by atoms with van der Waals surface area (Å²) in [6, 6.07) is 13.5. The Morgan fingerprint density at radius 1 is 1.04 bits per heavy atom. The van der Waals surface area contributed by atoms with Crippen molar-refractivity contribution >= 4 is 11.9 Å². The van der Waals surface area contributed by atoms with Crippen LogP contribution >= 0.6 is 0 Å². The van der Waals surface area contributed by atoms with Gasteiger partial charge in [0, 0.05) is 12.1 Å². The smallest absolute Gasteiger partial charge is 0.337 e. The topological polar surface area (TPSA) is 66.8 Å². The Morgan fingerprint density at radius 2 is 1.67 bits per heavy atom. The van der Waals surface area contributed by atoms with E-state index in [1.807, 2.05) is 17.0 Å². The highest BCUT2D eigenvalue weighted by atomic mass is 16.5. The van der Waals surface area contributed by atoms with Gasteiger partial charge in [0.1, 0.15) is 5.75 Å². The van der Waals surface area contributed by atoms with E-state index in [1.54, 1.807) is 36.4 Å². The number of hydrogen-bond donors (Lipinski definition) is 1. The molecule has 0 aliphatic carbocycles. The highest BCUT2D eigenvalue weighted by Gasteiger charge is 2.30. The van der Waals surface area contributed by atoms with Crippen LogP contribution in [0.2, 0.25) is 0 Å². The average molecular weight is 325 g/mol. The lowest BCUT2D eigenvalue weighted by Gasteiger charge is -2.25. The molecule has 1 N–H and O–H groups in total. The Hall–Kier alpha value is -2.82. The molecule has 0 spiro atoms. The van der Waals surface area contributed by atoms with E-state index in [2.05, 4.69) is 4.74 Å². The van der Waals surface area contributed by atoms with Crippen molar-refractivity contribution in [2.24, 2.45) is 0 Å². The van der Waals surface area contributed by atoms with Crippen molar-refractivity contribution in [1.82, 2.24) is 4.90 Å². The molecule has 3 rings (SSSR count). The second kappa shape index (κ2) is 6.74. The normalized spacial score (nSPS) is 16.9. The molecule has 5 heteroatoms. The first kappa shape index (κ1) is 16.1. The second-order valence-corrected chi connectivity index (χ2v) is 5.82. The van der Waals surface area contributed by atoms with Gasteiger partial charge in [-0.1, -0.05) is 12.1 Å². The van der Waals surface area contributed by atoms with Gasteiger partial charge in [0.2, 0.25) is 0 Å². The lowest BCUT2D eigenvalue weighted by molar-refractivity contribution is 0.0599. The molecule has 2 aromatic carbocycles. The van der Waals surface area contributed by atoms with Crippen LogP contribution in [0, 0.1) is 0 Å². The largest absolute Gasteiger partial charge is 0.508 e. The highest BCUT2D eigenvalue weighted by molar-refractivity contribution is 5.96. The van der Waals surface area contributed by atoms with Crippen molar-refractivity contribution in [3.8, 4) is 5.75 Å². The van der Waals surface area contributed by atoms with Crippen LogP contribution in [0.1, 0.15) is 45.2 Å². The Bertz CT molecular complexity index is 737. The van der Waals surface area contributed by atoms with Crippen LogP contribution in [0.3, 0.4) is 0 Å². The second-order valence-electron chi connectivity index (χ2n) is 5.82. The van der Waals surface area contributed by atoms with E-state index in [1.165, 1.54) is 7.11 Å². The predicted octanol–water partition coefficient (Wildman–Crippen LogP) is 3.16. The van der Waals surface area contributed by atoms with Crippen LogP contribution in [-0.4, -0.2) is 35.5 Å². The number of likely N-dealkylation sites (tertiary alicyclic amines) is 1. The zero-order valence-corrected chi connectivity index (χ0v) is 13.4. The van der Waals surface area contributed by atoms with Crippen molar-refractivity contribution in [2.75, 3.05) is 13.7 Å². The van der Waals surface area contributed by atoms with Crippen molar-refractivity contribution < 1.29 is 19.4 Å². The number of phenolic OH excluding ortho intramolecular Hbond substituents is 1. The fourth-order valence-corrected chi connectivity index (χ4v) is 3.09. The summed E-state index contributed by atoms with van der Waals surface area (Å²) in [5, 5.41) is 9.43. The Labute approximate surface area is 140 Å². The summed E-state index contributed by atoms with van der Waals surface area (Å²) in [4.78, 5) is 26.1. The number of methoxy groups -OCH3 is 1. The summed E-state index contributed by atoms with van der Waals surface area (Å²) in [5.41, 5.74) is 1.99. The molecule has 0 saturated carbocycles. The van der Waals surface area contributed by atoms with Crippen LogP contribution in [0.4, 0.5) is 0 Å². The van der Waals surface area contributed by atoms with Crippen molar-refractivity contribution in [3.05, 3.63) is 65.2 Å². The molecule has 2 aromatic rings. The lowest BCUT2D eigenvalue weighted by atomic mass is 10.0. The van der Waals surface area contributed by atoms with E-state index in [0.29, 0.717) is 17.7 Å². The van der Waals surface area contributed by atoms with Gasteiger partial charge in [-0.15, -0.1) is 0 Å². The number of amides is 1. The van der Waals surface area contributed by atoms with Gasteiger partial charge in [0.25, 0.3) is 5.91 Å². The number of carbonyl (C=O) groups excluding carboxylic acids is 2. The highest BCUT2D eigenvalue weighted by Crippen LogP contribution is 2.33. The van der Waals surface area contributed by atoms with Gasteiger partial charge < -0.3 is 14.7 Å². The molecular weight excluding hydrogens is 306 g/mol. The molecule has 1 saturated heterocycles. The van der Waals surface area contributed by atoms with Gasteiger partial charge in [0.05, 0.1) is 18.7 Å². The number of hydrogen-bond acceptors (Lipinski definition) is 4. The summed E-state index contributed by atoms with van der Waals surface area (Å²) >= 11 is 0. The van der Waals surface area contributed by atoms with E-state index in [0.717, 1.165) is 18.4 Å². The van der Waals surface area contributed by atoms with Gasteiger partial charge in [-0.2, -0.15) is 0 Å². The van der Waals surface area contributed by atoms with Crippen molar-refractivity contribution in [3.63, 3.8) is 0 Å². The average Bonchev–Trinajstić information content (AvgIpc) is 3.11. The molecule has 1 fully saturated rings. The van der Waals surface area contributed by atoms with Gasteiger partial charge in [-0.3, -0.25) is 4.79 Å². The number of ether oxygens (including phenoxy) is 1. The van der Waals surface area contributed by atoms with E-state index in [4.69, 9.17) is 0 Å². The molecule has 1 amide bonds. The Kier molecular flexibility index (Phi) is 4.51. The maximum Gasteiger partial charge on any atom is 0.337 e. The molecule has 5 nitrogen and oxygen atoms in total. The van der Waals surface area contributed by atoms with E-state index in [-0.39, 0.29) is 17.7 Å². The summed E-state index contributed by atoms with van der Waals surface area (Å²) in [6.07, 6.45) is 1.84. The zero-order valence-electron chi connectivity index (χ0n) is 13.4. The molecule has 0 bridgehead atoms. The van der Waals surface area contributed by atoms with Gasteiger partial charge >= 0.3 is 5.97 Å². The van der Waals surface area contributed by atoms with Crippen molar-refractivity contribution in [2.45, 2.75) is 18.9 Å². The number of rotatable bonds is 3. The van der Waals surface area contributed by atoms with E-state index < -0.39 is 5.97 Å². The van der Waals surface area contributed by atoms with Crippen molar-refractivity contribution in [1.29, 1.82) is 0 Å². The molecule has 0 aromatic heterocycles. The third-order valence-corrected chi connectivity index (χ3v) is 4.34. The molecule has 1 aliphatic rings. The first-order chi connectivity index (χ1) is 11.6. The third-order valence-electron chi connectivity index (χ3n) is 4.34. The van der Waals surface area contributed by atoms with Crippen LogP contribution in [0.15, 0.2) is 48.5 Å².